The molecule has 0 saturated carbocycles. The number of hydrogen-bond donors (Lipinski definition) is 2. The Morgan fingerprint density at radius 2 is 1.89 bits per heavy atom. The zero-order valence-electron chi connectivity index (χ0n) is 16.2. The molecule has 0 bridgehead atoms. The summed E-state index contributed by atoms with van der Waals surface area (Å²) >= 11 is 6.28. The number of nitrogens with zero attached hydrogens (tertiary/aromatic N) is 3. The number of carbonyl (C=O) groups is 1. The van der Waals surface area contributed by atoms with Crippen molar-refractivity contribution < 1.29 is 4.79 Å². The van der Waals surface area contributed by atoms with Gasteiger partial charge in [-0.25, -0.2) is 4.98 Å². The molecule has 1 aromatic carbocycles. The van der Waals surface area contributed by atoms with Gasteiger partial charge in [-0.15, -0.1) is 0 Å². The standard InChI is InChI=1S/C20H26ClN5O2/c1-14(2)7-8-22-18(27)15-13-23-20(24-19(15)28)26-11-9-25(10-12-26)17-6-4-3-5-16(17)21/h3-6,13-14H,7-12H2,1-2H3,(H,22,27)(H,23,24,28). The van der Waals surface area contributed by atoms with E-state index in [9.17, 15) is 9.59 Å². The van der Waals surface area contributed by atoms with Gasteiger partial charge in [0.15, 0.2) is 0 Å². The summed E-state index contributed by atoms with van der Waals surface area (Å²) in [4.78, 5) is 35.8. The Morgan fingerprint density at radius 1 is 1.21 bits per heavy atom. The molecular weight excluding hydrogens is 378 g/mol. The third kappa shape index (κ3) is 4.84. The second kappa shape index (κ2) is 9.10. The van der Waals surface area contributed by atoms with Crippen LogP contribution in [0.2, 0.25) is 5.02 Å². The van der Waals surface area contributed by atoms with Gasteiger partial charge in [0, 0.05) is 38.9 Å². The van der Waals surface area contributed by atoms with E-state index >= 15 is 0 Å². The molecule has 0 aliphatic carbocycles. The Balaban J connectivity index is 1.61. The van der Waals surface area contributed by atoms with Crippen molar-refractivity contribution in [2.75, 3.05) is 42.5 Å². The molecule has 28 heavy (non-hydrogen) atoms. The van der Waals surface area contributed by atoms with Gasteiger partial charge in [0.1, 0.15) is 5.56 Å². The number of nitrogens with one attached hydrogen (secondary N) is 2. The van der Waals surface area contributed by atoms with Gasteiger partial charge in [-0.05, 0) is 24.5 Å². The fraction of sp³-hybridized carbons (Fsp3) is 0.450. The molecule has 8 heteroatoms. The van der Waals surface area contributed by atoms with Gasteiger partial charge in [-0.3, -0.25) is 14.6 Å². The highest BCUT2D eigenvalue weighted by molar-refractivity contribution is 6.33. The van der Waals surface area contributed by atoms with Crippen molar-refractivity contribution in [3.63, 3.8) is 0 Å². The average Bonchev–Trinajstić information content (AvgIpc) is 2.68. The van der Waals surface area contributed by atoms with Gasteiger partial charge >= 0.3 is 0 Å². The van der Waals surface area contributed by atoms with E-state index < -0.39 is 5.56 Å². The van der Waals surface area contributed by atoms with Crippen LogP contribution in [0.15, 0.2) is 35.3 Å². The summed E-state index contributed by atoms with van der Waals surface area (Å²) in [6.07, 6.45) is 2.23. The first-order chi connectivity index (χ1) is 13.5. The SMILES string of the molecule is CC(C)CCNC(=O)c1cnc(N2CCN(c3ccccc3Cl)CC2)[nH]c1=O. The minimum Gasteiger partial charge on any atom is -0.367 e. The van der Waals surface area contributed by atoms with E-state index in [1.165, 1.54) is 6.20 Å². The maximum absolute atomic E-state index is 12.3. The molecule has 0 atom stereocenters. The Bertz CT molecular complexity index is 875. The van der Waals surface area contributed by atoms with E-state index in [-0.39, 0.29) is 11.5 Å². The molecule has 1 amide bonds. The predicted octanol–water partition coefficient (Wildman–Crippen LogP) is 2.53. The first kappa shape index (κ1) is 20.2. The number of halogens is 1. The number of aromatic nitrogens is 2. The minimum atomic E-state index is -0.416. The molecule has 1 saturated heterocycles. The highest BCUT2D eigenvalue weighted by atomic mass is 35.5. The second-order valence-electron chi connectivity index (χ2n) is 7.31. The largest absolute Gasteiger partial charge is 0.367 e. The fourth-order valence-corrected chi connectivity index (χ4v) is 3.40. The van der Waals surface area contributed by atoms with Gasteiger partial charge in [0.05, 0.1) is 10.7 Å². The smallest absolute Gasteiger partial charge is 0.265 e. The monoisotopic (exact) mass is 403 g/mol. The highest BCUT2D eigenvalue weighted by Gasteiger charge is 2.21. The van der Waals surface area contributed by atoms with Crippen molar-refractivity contribution in [1.29, 1.82) is 0 Å². The Hall–Kier alpha value is -2.54. The highest BCUT2D eigenvalue weighted by Crippen LogP contribution is 2.26. The van der Waals surface area contributed by atoms with Crippen LogP contribution in [0.4, 0.5) is 11.6 Å². The van der Waals surface area contributed by atoms with E-state index in [1.54, 1.807) is 0 Å². The van der Waals surface area contributed by atoms with Gasteiger partial charge in [-0.2, -0.15) is 0 Å². The normalized spacial score (nSPS) is 14.4. The van der Waals surface area contributed by atoms with Crippen molar-refractivity contribution in [2.24, 2.45) is 5.92 Å². The average molecular weight is 404 g/mol. The van der Waals surface area contributed by atoms with Crippen LogP contribution in [0.5, 0.6) is 0 Å². The number of anilines is 2. The zero-order valence-corrected chi connectivity index (χ0v) is 17.0. The van der Waals surface area contributed by atoms with E-state index in [1.807, 2.05) is 29.2 Å². The van der Waals surface area contributed by atoms with Crippen molar-refractivity contribution in [3.05, 3.63) is 51.4 Å². The van der Waals surface area contributed by atoms with Crippen LogP contribution in [-0.4, -0.2) is 48.6 Å². The molecule has 7 nitrogen and oxygen atoms in total. The van der Waals surface area contributed by atoms with Crippen molar-refractivity contribution in [1.82, 2.24) is 15.3 Å². The summed E-state index contributed by atoms with van der Waals surface area (Å²) in [5.74, 6) is 0.593. The minimum absolute atomic E-state index is 0.0437. The number of amides is 1. The van der Waals surface area contributed by atoms with Gasteiger partial charge in [0.2, 0.25) is 5.95 Å². The molecule has 2 heterocycles. The fourth-order valence-electron chi connectivity index (χ4n) is 3.14. The number of benzene rings is 1. The van der Waals surface area contributed by atoms with Crippen LogP contribution in [0.25, 0.3) is 0 Å². The zero-order chi connectivity index (χ0) is 20.1. The number of carbonyl (C=O) groups excluding carboxylic acids is 1. The van der Waals surface area contributed by atoms with Crippen molar-refractivity contribution in [2.45, 2.75) is 20.3 Å². The Labute approximate surface area is 169 Å². The third-order valence-electron chi connectivity index (χ3n) is 4.81. The van der Waals surface area contributed by atoms with E-state index in [4.69, 9.17) is 11.6 Å². The van der Waals surface area contributed by atoms with Crippen LogP contribution in [-0.2, 0) is 0 Å². The molecule has 150 valence electrons. The lowest BCUT2D eigenvalue weighted by Crippen LogP contribution is -2.47. The quantitative estimate of drug-likeness (QED) is 0.774. The number of piperazine rings is 1. The Morgan fingerprint density at radius 3 is 2.54 bits per heavy atom. The first-order valence-corrected chi connectivity index (χ1v) is 9.95. The summed E-state index contributed by atoms with van der Waals surface area (Å²) in [5.41, 5.74) is 0.640. The number of H-pyrrole nitrogens is 1. The van der Waals surface area contributed by atoms with Gasteiger partial charge < -0.3 is 15.1 Å². The summed E-state index contributed by atoms with van der Waals surface area (Å²) in [6.45, 7) is 7.65. The lowest BCUT2D eigenvalue weighted by Gasteiger charge is -2.36. The number of rotatable bonds is 6. The van der Waals surface area contributed by atoms with Crippen molar-refractivity contribution >= 4 is 29.1 Å². The molecule has 0 unspecified atom stereocenters. The molecule has 1 fully saturated rings. The lowest BCUT2D eigenvalue weighted by molar-refractivity contribution is 0.0950. The van der Waals surface area contributed by atoms with E-state index in [0.717, 1.165) is 30.2 Å². The lowest BCUT2D eigenvalue weighted by atomic mass is 10.1. The van der Waals surface area contributed by atoms with Crippen LogP contribution < -0.4 is 20.7 Å². The first-order valence-electron chi connectivity index (χ1n) is 9.57. The maximum atomic E-state index is 12.3. The molecule has 0 radical (unpaired) electrons. The molecule has 2 N–H and O–H groups in total. The van der Waals surface area contributed by atoms with Crippen LogP contribution in [0.3, 0.4) is 0 Å². The summed E-state index contributed by atoms with van der Waals surface area (Å²) in [6, 6.07) is 7.77. The van der Waals surface area contributed by atoms with Crippen LogP contribution >= 0.6 is 11.6 Å². The van der Waals surface area contributed by atoms with Gasteiger partial charge in [0.25, 0.3) is 11.5 Å². The van der Waals surface area contributed by atoms with Gasteiger partial charge in [-0.1, -0.05) is 37.6 Å². The Kier molecular flexibility index (Phi) is 6.57. The summed E-state index contributed by atoms with van der Waals surface area (Å²) < 4.78 is 0. The maximum Gasteiger partial charge on any atom is 0.265 e. The van der Waals surface area contributed by atoms with E-state index in [0.29, 0.717) is 31.5 Å². The summed E-state index contributed by atoms with van der Waals surface area (Å²) in [5, 5.41) is 3.50. The summed E-state index contributed by atoms with van der Waals surface area (Å²) in [7, 11) is 0. The molecule has 1 aliphatic rings. The second-order valence-corrected chi connectivity index (χ2v) is 7.72. The third-order valence-corrected chi connectivity index (χ3v) is 5.13. The molecule has 0 spiro atoms. The predicted molar refractivity (Wildman–Crippen MR) is 113 cm³/mol. The van der Waals surface area contributed by atoms with Crippen LogP contribution in [0, 0.1) is 5.92 Å². The molecule has 1 aromatic heterocycles. The van der Waals surface area contributed by atoms with Crippen molar-refractivity contribution in [3.8, 4) is 0 Å². The number of aromatic amines is 1. The van der Waals surface area contributed by atoms with E-state index in [2.05, 4.69) is 34.0 Å². The molecule has 3 rings (SSSR count). The molecular formula is C20H26ClN5O2. The molecule has 1 aliphatic heterocycles. The topological polar surface area (TPSA) is 81.3 Å². The number of hydrogen-bond acceptors (Lipinski definition) is 5. The number of para-hydroxylation sites is 1. The molecule has 2 aromatic rings. The van der Waals surface area contributed by atoms with Crippen LogP contribution in [0.1, 0.15) is 30.6 Å².